The fourth-order valence-corrected chi connectivity index (χ4v) is 1.24. The number of nitrogens with zero attached hydrogens (tertiary/aromatic N) is 2. The maximum Gasteiger partial charge on any atom is 0.330 e. The number of hydrogen-bond donors (Lipinski definition) is 1. The number of halogens is 4. The van der Waals surface area contributed by atoms with E-state index < -0.39 is 25.6 Å². The first-order valence-corrected chi connectivity index (χ1v) is 5.59. The van der Waals surface area contributed by atoms with Gasteiger partial charge in [-0.25, -0.2) is 18.7 Å². The number of ether oxygens (including phenoxy) is 1. The fraction of sp³-hybridized carbons (Fsp3) is 0.636. The largest absolute Gasteiger partial charge is 0.384 e. The van der Waals surface area contributed by atoms with Crippen LogP contribution in [0.25, 0.3) is 0 Å². The van der Waals surface area contributed by atoms with E-state index in [1.54, 1.807) is 6.07 Å². The van der Waals surface area contributed by atoms with E-state index in [-0.39, 0.29) is 17.6 Å². The number of rotatable bonds is 6. The zero-order valence-corrected chi connectivity index (χ0v) is 10.5. The summed E-state index contributed by atoms with van der Waals surface area (Å²) in [6.07, 6.45) is -3.76. The van der Waals surface area contributed by atoms with Gasteiger partial charge in [-0.15, -0.1) is 0 Å². The zero-order chi connectivity index (χ0) is 14.6. The minimum Gasteiger partial charge on any atom is -0.384 e. The molecule has 19 heavy (non-hydrogen) atoms. The van der Waals surface area contributed by atoms with Crippen LogP contribution in [0.4, 0.5) is 23.4 Å². The summed E-state index contributed by atoms with van der Waals surface area (Å²) in [5.74, 6) is -3.83. The molecule has 0 saturated heterocycles. The quantitative estimate of drug-likeness (QED) is 0.814. The highest BCUT2D eigenvalue weighted by atomic mass is 19.3. The molecule has 0 saturated carbocycles. The normalized spacial score (nSPS) is 12.4. The molecule has 1 aromatic rings. The van der Waals surface area contributed by atoms with Crippen LogP contribution in [-0.2, 0) is 11.3 Å². The van der Waals surface area contributed by atoms with Crippen molar-refractivity contribution in [2.45, 2.75) is 38.7 Å². The van der Waals surface area contributed by atoms with Crippen molar-refractivity contribution in [1.29, 1.82) is 0 Å². The molecular weight excluding hydrogens is 266 g/mol. The molecule has 0 radical (unpaired) electrons. The first kappa shape index (κ1) is 15.6. The van der Waals surface area contributed by atoms with Crippen molar-refractivity contribution in [3.05, 3.63) is 17.6 Å². The SMILES string of the molecule is CC(C)c1cc(N)nc(COCC(F)(F)C(F)F)n1. The second-order valence-corrected chi connectivity index (χ2v) is 4.34. The Bertz CT molecular complexity index is 426. The standard InChI is InChI=1S/C11H15F4N3O/c1-6(2)7-3-8(16)18-9(17-7)4-19-5-11(14,15)10(12)13/h3,6,10H,4-5H2,1-2H3,(H2,16,17,18). The van der Waals surface area contributed by atoms with Crippen LogP contribution in [0.1, 0.15) is 31.3 Å². The highest BCUT2D eigenvalue weighted by Crippen LogP contribution is 2.23. The molecule has 1 rings (SSSR count). The molecule has 0 aliphatic heterocycles. The maximum absolute atomic E-state index is 12.6. The molecule has 0 bridgehead atoms. The summed E-state index contributed by atoms with van der Waals surface area (Å²) in [7, 11) is 0. The molecule has 8 heteroatoms. The highest BCUT2D eigenvalue weighted by molar-refractivity contribution is 5.30. The molecule has 0 aromatic carbocycles. The average Bonchev–Trinajstić information content (AvgIpc) is 2.27. The molecule has 0 amide bonds. The molecule has 1 aromatic heterocycles. The number of nitrogen functional groups attached to an aromatic ring is 1. The first-order valence-electron chi connectivity index (χ1n) is 5.59. The highest BCUT2D eigenvalue weighted by Gasteiger charge is 2.41. The average molecular weight is 281 g/mol. The van der Waals surface area contributed by atoms with E-state index in [0.717, 1.165) is 0 Å². The molecule has 0 aliphatic rings. The van der Waals surface area contributed by atoms with Gasteiger partial charge in [0.1, 0.15) is 19.0 Å². The second kappa shape index (κ2) is 6.14. The lowest BCUT2D eigenvalue weighted by Crippen LogP contribution is -2.32. The lowest BCUT2D eigenvalue weighted by Gasteiger charge is -2.15. The Hall–Kier alpha value is -1.44. The predicted molar refractivity (Wildman–Crippen MR) is 61.1 cm³/mol. The Labute approximate surface area is 108 Å². The Kier molecular flexibility index (Phi) is 5.04. The van der Waals surface area contributed by atoms with E-state index in [1.165, 1.54) is 0 Å². The van der Waals surface area contributed by atoms with Crippen LogP contribution in [0.3, 0.4) is 0 Å². The van der Waals surface area contributed by atoms with Crippen LogP contribution < -0.4 is 5.73 Å². The minimum atomic E-state index is -4.18. The van der Waals surface area contributed by atoms with Crippen LogP contribution in [0, 0.1) is 0 Å². The van der Waals surface area contributed by atoms with Crippen LogP contribution in [0.2, 0.25) is 0 Å². The van der Waals surface area contributed by atoms with Gasteiger partial charge in [0, 0.05) is 11.8 Å². The molecule has 2 N–H and O–H groups in total. The third kappa shape index (κ3) is 4.62. The molecule has 0 spiro atoms. The van der Waals surface area contributed by atoms with Crippen molar-refractivity contribution in [3.8, 4) is 0 Å². The summed E-state index contributed by atoms with van der Waals surface area (Å²) in [6.45, 7) is 1.96. The van der Waals surface area contributed by atoms with Gasteiger partial charge in [-0.2, -0.15) is 8.78 Å². The maximum atomic E-state index is 12.6. The van der Waals surface area contributed by atoms with Gasteiger partial charge >= 0.3 is 12.3 Å². The third-order valence-corrected chi connectivity index (χ3v) is 2.25. The fourth-order valence-electron chi connectivity index (χ4n) is 1.24. The molecule has 0 unspecified atom stereocenters. The van der Waals surface area contributed by atoms with Gasteiger partial charge in [0.25, 0.3) is 0 Å². The third-order valence-electron chi connectivity index (χ3n) is 2.25. The summed E-state index contributed by atoms with van der Waals surface area (Å²) in [5, 5.41) is 0. The molecule has 108 valence electrons. The molecule has 1 heterocycles. The van der Waals surface area contributed by atoms with Gasteiger partial charge in [-0.3, -0.25) is 0 Å². The van der Waals surface area contributed by atoms with Gasteiger partial charge in [0.2, 0.25) is 0 Å². The summed E-state index contributed by atoms with van der Waals surface area (Å²) >= 11 is 0. The van der Waals surface area contributed by atoms with Gasteiger partial charge in [0.05, 0.1) is 0 Å². The van der Waals surface area contributed by atoms with Crippen LogP contribution in [-0.4, -0.2) is 28.9 Å². The number of nitrogens with two attached hydrogens (primary N) is 1. The number of aromatic nitrogens is 2. The second-order valence-electron chi connectivity index (χ2n) is 4.34. The molecule has 4 nitrogen and oxygen atoms in total. The number of anilines is 1. The lowest BCUT2D eigenvalue weighted by atomic mass is 10.1. The first-order chi connectivity index (χ1) is 8.72. The van der Waals surface area contributed by atoms with E-state index >= 15 is 0 Å². The van der Waals surface area contributed by atoms with Gasteiger partial charge in [-0.1, -0.05) is 13.8 Å². The number of alkyl halides is 4. The van der Waals surface area contributed by atoms with Crippen molar-refractivity contribution in [1.82, 2.24) is 9.97 Å². The van der Waals surface area contributed by atoms with Gasteiger partial charge in [-0.05, 0) is 5.92 Å². The van der Waals surface area contributed by atoms with Crippen molar-refractivity contribution >= 4 is 5.82 Å². The minimum absolute atomic E-state index is 0.0755. The Morgan fingerprint density at radius 2 is 1.95 bits per heavy atom. The van der Waals surface area contributed by atoms with E-state index in [2.05, 4.69) is 14.7 Å². The molecule has 0 aliphatic carbocycles. The predicted octanol–water partition coefficient (Wildman–Crippen LogP) is 2.60. The molecule has 0 atom stereocenters. The van der Waals surface area contributed by atoms with Crippen LogP contribution >= 0.6 is 0 Å². The Balaban J connectivity index is 2.63. The summed E-state index contributed by atoms with van der Waals surface area (Å²) in [4.78, 5) is 7.84. The molecule has 0 fully saturated rings. The summed E-state index contributed by atoms with van der Waals surface area (Å²) in [5.41, 5.74) is 6.16. The Morgan fingerprint density at radius 1 is 1.32 bits per heavy atom. The van der Waals surface area contributed by atoms with Crippen LogP contribution in [0.15, 0.2) is 6.07 Å². The van der Waals surface area contributed by atoms with E-state index in [4.69, 9.17) is 5.73 Å². The van der Waals surface area contributed by atoms with E-state index in [0.29, 0.717) is 5.69 Å². The van der Waals surface area contributed by atoms with E-state index in [1.807, 2.05) is 13.8 Å². The van der Waals surface area contributed by atoms with Crippen molar-refractivity contribution in [2.24, 2.45) is 0 Å². The lowest BCUT2D eigenvalue weighted by molar-refractivity contribution is -0.168. The van der Waals surface area contributed by atoms with E-state index in [9.17, 15) is 17.6 Å². The van der Waals surface area contributed by atoms with Crippen molar-refractivity contribution < 1.29 is 22.3 Å². The van der Waals surface area contributed by atoms with Gasteiger partial charge in [0.15, 0.2) is 5.82 Å². The smallest absolute Gasteiger partial charge is 0.330 e. The van der Waals surface area contributed by atoms with Crippen LogP contribution in [0.5, 0.6) is 0 Å². The summed E-state index contributed by atoms with van der Waals surface area (Å²) < 4.78 is 53.5. The van der Waals surface area contributed by atoms with Crippen molar-refractivity contribution in [2.75, 3.05) is 12.3 Å². The molecular formula is C11H15F4N3O. The van der Waals surface area contributed by atoms with Crippen molar-refractivity contribution in [3.63, 3.8) is 0 Å². The number of hydrogen-bond acceptors (Lipinski definition) is 4. The Morgan fingerprint density at radius 3 is 2.47 bits per heavy atom. The van der Waals surface area contributed by atoms with Gasteiger partial charge < -0.3 is 10.5 Å². The topological polar surface area (TPSA) is 61.0 Å². The monoisotopic (exact) mass is 281 g/mol. The zero-order valence-electron chi connectivity index (χ0n) is 10.5. The summed E-state index contributed by atoms with van der Waals surface area (Å²) in [6, 6.07) is 1.56.